The van der Waals surface area contributed by atoms with E-state index in [4.69, 9.17) is 0 Å². The van der Waals surface area contributed by atoms with Crippen molar-refractivity contribution in [1.29, 1.82) is 0 Å². The summed E-state index contributed by atoms with van der Waals surface area (Å²) in [6.07, 6.45) is 0.343. The Bertz CT molecular complexity index is 394. The molecule has 108 valence electrons. The Balaban J connectivity index is 2.89. The highest BCUT2D eigenvalue weighted by Crippen LogP contribution is 2.23. The van der Waals surface area contributed by atoms with Crippen LogP contribution < -0.4 is 4.90 Å². The molecule has 3 nitrogen and oxygen atoms in total. The van der Waals surface area contributed by atoms with Crippen molar-refractivity contribution in [3.05, 3.63) is 29.6 Å². The SMILES string of the molecule is CCCN(CCN(C)C)c1ccc([C@H](C)O)cc1F. The predicted octanol–water partition coefficient (Wildman–Crippen LogP) is 2.66. The topological polar surface area (TPSA) is 26.7 Å². The van der Waals surface area contributed by atoms with Crippen LogP contribution in [0.25, 0.3) is 0 Å². The average Bonchev–Trinajstić information content (AvgIpc) is 2.34. The van der Waals surface area contributed by atoms with Gasteiger partial charge in [-0.15, -0.1) is 0 Å². The summed E-state index contributed by atoms with van der Waals surface area (Å²) in [6.45, 7) is 6.25. The van der Waals surface area contributed by atoms with Crippen molar-refractivity contribution in [2.75, 3.05) is 38.6 Å². The van der Waals surface area contributed by atoms with Gasteiger partial charge in [0, 0.05) is 19.6 Å². The van der Waals surface area contributed by atoms with Crippen LogP contribution in [-0.4, -0.2) is 43.7 Å². The second-order valence-electron chi connectivity index (χ2n) is 5.18. The number of anilines is 1. The summed E-state index contributed by atoms with van der Waals surface area (Å²) in [7, 11) is 4.02. The molecule has 0 heterocycles. The summed E-state index contributed by atoms with van der Waals surface area (Å²) in [4.78, 5) is 4.14. The van der Waals surface area contributed by atoms with Crippen molar-refractivity contribution < 1.29 is 9.50 Å². The number of rotatable bonds is 7. The van der Waals surface area contributed by atoms with E-state index in [1.54, 1.807) is 19.1 Å². The molecule has 1 aromatic rings. The second kappa shape index (κ2) is 7.46. The van der Waals surface area contributed by atoms with Crippen molar-refractivity contribution in [2.45, 2.75) is 26.4 Å². The van der Waals surface area contributed by atoms with E-state index >= 15 is 0 Å². The first-order valence-electron chi connectivity index (χ1n) is 6.83. The summed E-state index contributed by atoms with van der Waals surface area (Å²) < 4.78 is 14.1. The number of aliphatic hydroxyl groups is 1. The minimum absolute atomic E-state index is 0.259. The van der Waals surface area contributed by atoms with Gasteiger partial charge in [-0.2, -0.15) is 0 Å². The lowest BCUT2D eigenvalue weighted by atomic mass is 10.1. The van der Waals surface area contributed by atoms with Gasteiger partial charge < -0.3 is 14.9 Å². The molecule has 1 N–H and O–H groups in total. The lowest BCUT2D eigenvalue weighted by molar-refractivity contribution is 0.199. The Morgan fingerprint density at radius 1 is 1.21 bits per heavy atom. The number of likely N-dealkylation sites (N-methyl/N-ethyl adjacent to an activating group) is 1. The van der Waals surface area contributed by atoms with Gasteiger partial charge in [0.05, 0.1) is 11.8 Å². The minimum Gasteiger partial charge on any atom is -0.389 e. The third kappa shape index (κ3) is 4.80. The Morgan fingerprint density at radius 2 is 1.89 bits per heavy atom. The zero-order valence-electron chi connectivity index (χ0n) is 12.4. The highest BCUT2D eigenvalue weighted by Gasteiger charge is 2.13. The van der Waals surface area contributed by atoms with Crippen LogP contribution >= 0.6 is 0 Å². The van der Waals surface area contributed by atoms with Gasteiger partial charge in [0.15, 0.2) is 0 Å². The van der Waals surface area contributed by atoms with Gasteiger partial charge in [-0.05, 0) is 45.1 Å². The molecular weight excluding hydrogens is 243 g/mol. The van der Waals surface area contributed by atoms with Crippen LogP contribution in [0.15, 0.2) is 18.2 Å². The minimum atomic E-state index is -0.634. The van der Waals surface area contributed by atoms with Gasteiger partial charge in [0.25, 0.3) is 0 Å². The summed E-state index contributed by atoms with van der Waals surface area (Å²) in [5, 5.41) is 9.47. The van der Waals surface area contributed by atoms with E-state index in [9.17, 15) is 9.50 Å². The molecule has 0 spiro atoms. The lowest BCUT2D eigenvalue weighted by Gasteiger charge is -2.26. The number of halogens is 1. The average molecular weight is 268 g/mol. The first-order valence-corrected chi connectivity index (χ1v) is 6.83. The van der Waals surface area contributed by atoms with E-state index < -0.39 is 6.10 Å². The highest BCUT2D eigenvalue weighted by atomic mass is 19.1. The Kier molecular flexibility index (Phi) is 6.25. The molecule has 0 bridgehead atoms. The third-order valence-electron chi connectivity index (χ3n) is 3.11. The van der Waals surface area contributed by atoms with E-state index in [0.717, 1.165) is 26.1 Å². The van der Waals surface area contributed by atoms with Gasteiger partial charge in [-0.1, -0.05) is 13.0 Å². The Labute approximate surface area is 115 Å². The fraction of sp³-hybridized carbons (Fsp3) is 0.600. The number of benzene rings is 1. The molecule has 0 radical (unpaired) electrons. The molecule has 0 saturated heterocycles. The number of hydrogen-bond acceptors (Lipinski definition) is 3. The van der Waals surface area contributed by atoms with Crippen LogP contribution in [0.5, 0.6) is 0 Å². The van der Waals surface area contributed by atoms with Crippen LogP contribution in [0, 0.1) is 5.82 Å². The van der Waals surface area contributed by atoms with Crippen LogP contribution in [-0.2, 0) is 0 Å². The van der Waals surface area contributed by atoms with E-state index in [2.05, 4.69) is 16.7 Å². The fourth-order valence-electron chi connectivity index (χ4n) is 1.98. The van der Waals surface area contributed by atoms with Gasteiger partial charge in [0.1, 0.15) is 5.82 Å². The van der Waals surface area contributed by atoms with Crippen molar-refractivity contribution in [3.63, 3.8) is 0 Å². The third-order valence-corrected chi connectivity index (χ3v) is 3.11. The van der Waals surface area contributed by atoms with E-state index in [1.807, 2.05) is 14.1 Å². The largest absolute Gasteiger partial charge is 0.389 e. The fourth-order valence-corrected chi connectivity index (χ4v) is 1.98. The zero-order chi connectivity index (χ0) is 14.4. The first-order chi connectivity index (χ1) is 8.95. The van der Waals surface area contributed by atoms with Crippen molar-refractivity contribution in [1.82, 2.24) is 4.90 Å². The summed E-state index contributed by atoms with van der Waals surface area (Å²) in [6, 6.07) is 4.99. The molecule has 0 amide bonds. The number of nitrogens with zero attached hydrogens (tertiary/aromatic N) is 2. The maximum atomic E-state index is 14.1. The van der Waals surface area contributed by atoms with E-state index in [0.29, 0.717) is 11.3 Å². The van der Waals surface area contributed by atoms with Gasteiger partial charge in [-0.25, -0.2) is 4.39 Å². The maximum Gasteiger partial charge on any atom is 0.146 e. The lowest BCUT2D eigenvalue weighted by Crippen LogP contribution is -2.33. The van der Waals surface area contributed by atoms with E-state index in [-0.39, 0.29) is 5.82 Å². The maximum absolute atomic E-state index is 14.1. The van der Waals surface area contributed by atoms with Crippen molar-refractivity contribution >= 4 is 5.69 Å². The van der Waals surface area contributed by atoms with Gasteiger partial charge in [-0.3, -0.25) is 0 Å². The molecule has 0 aliphatic heterocycles. The molecular formula is C15H25FN2O. The first kappa shape index (κ1) is 15.9. The smallest absolute Gasteiger partial charge is 0.146 e. The second-order valence-corrected chi connectivity index (χ2v) is 5.18. The molecule has 0 fully saturated rings. The molecule has 0 saturated carbocycles. The number of aliphatic hydroxyl groups excluding tert-OH is 1. The van der Waals surface area contributed by atoms with E-state index in [1.165, 1.54) is 6.07 Å². The predicted molar refractivity (Wildman–Crippen MR) is 78.1 cm³/mol. The zero-order valence-corrected chi connectivity index (χ0v) is 12.4. The Hall–Kier alpha value is -1.13. The molecule has 1 aromatic carbocycles. The van der Waals surface area contributed by atoms with Gasteiger partial charge >= 0.3 is 0 Å². The molecule has 0 aromatic heterocycles. The molecule has 0 aliphatic rings. The van der Waals surface area contributed by atoms with Crippen LogP contribution in [0.3, 0.4) is 0 Å². The molecule has 1 rings (SSSR count). The summed E-state index contributed by atoms with van der Waals surface area (Å²) >= 11 is 0. The number of hydrogen-bond donors (Lipinski definition) is 1. The van der Waals surface area contributed by atoms with Crippen LogP contribution in [0.4, 0.5) is 10.1 Å². The molecule has 19 heavy (non-hydrogen) atoms. The molecule has 0 aliphatic carbocycles. The quantitative estimate of drug-likeness (QED) is 0.823. The summed E-state index contributed by atoms with van der Waals surface area (Å²) in [5.41, 5.74) is 1.23. The summed E-state index contributed by atoms with van der Waals surface area (Å²) in [5.74, 6) is -0.259. The standard InChI is InChI=1S/C15H25FN2O/c1-5-8-18(10-9-17(3)4)15-7-6-13(12(2)19)11-14(15)16/h6-7,11-12,19H,5,8-10H2,1-4H3/t12-/m0/s1. The molecule has 1 atom stereocenters. The van der Waals surface area contributed by atoms with Crippen LogP contribution in [0.1, 0.15) is 31.9 Å². The Morgan fingerprint density at radius 3 is 2.37 bits per heavy atom. The van der Waals surface area contributed by atoms with Crippen molar-refractivity contribution in [3.8, 4) is 0 Å². The molecule has 0 unspecified atom stereocenters. The van der Waals surface area contributed by atoms with Crippen molar-refractivity contribution in [2.24, 2.45) is 0 Å². The van der Waals surface area contributed by atoms with Gasteiger partial charge in [0.2, 0.25) is 0 Å². The monoisotopic (exact) mass is 268 g/mol. The van der Waals surface area contributed by atoms with Crippen LogP contribution in [0.2, 0.25) is 0 Å². The molecule has 4 heteroatoms. The normalized spacial score (nSPS) is 12.8. The highest BCUT2D eigenvalue weighted by molar-refractivity contribution is 5.49.